The van der Waals surface area contributed by atoms with Crippen molar-refractivity contribution in [3.63, 3.8) is 0 Å². The predicted molar refractivity (Wildman–Crippen MR) is 54.2 cm³/mol. The fourth-order valence-electron chi connectivity index (χ4n) is 1.20. The first-order valence-corrected chi connectivity index (χ1v) is 4.70. The van der Waals surface area contributed by atoms with Gasteiger partial charge in [0.25, 0.3) is 0 Å². The largest absolute Gasteiger partial charge is 0.294 e. The minimum Gasteiger partial charge on any atom is -0.294 e. The molecule has 0 heterocycles. The lowest BCUT2D eigenvalue weighted by Crippen LogP contribution is -1.95. The predicted octanol–water partition coefficient (Wildman–Crippen LogP) is 2.75. The van der Waals surface area contributed by atoms with E-state index in [1.807, 2.05) is 6.08 Å². The number of allylic oxidation sites excluding steroid dienone is 4. The van der Waals surface area contributed by atoms with E-state index in [1.165, 1.54) is 5.57 Å². The zero-order valence-electron chi connectivity index (χ0n) is 7.50. The number of thiol groups is 1. The first-order chi connectivity index (χ1) is 5.61. The summed E-state index contributed by atoms with van der Waals surface area (Å²) < 4.78 is 0. The lowest BCUT2D eigenvalue weighted by molar-refractivity contribution is -0.114. The van der Waals surface area contributed by atoms with Crippen LogP contribution in [0.2, 0.25) is 0 Å². The van der Waals surface area contributed by atoms with Crippen molar-refractivity contribution in [2.24, 2.45) is 5.92 Å². The van der Waals surface area contributed by atoms with Crippen LogP contribution in [0.5, 0.6) is 0 Å². The van der Waals surface area contributed by atoms with E-state index in [9.17, 15) is 4.79 Å². The molecule has 1 rings (SSSR count). The van der Waals surface area contributed by atoms with E-state index in [0.717, 1.165) is 6.42 Å². The average Bonchev–Trinajstić information content (AvgIpc) is 2.15. The summed E-state index contributed by atoms with van der Waals surface area (Å²) in [6.07, 6.45) is 5.48. The van der Waals surface area contributed by atoms with Gasteiger partial charge in [0.15, 0.2) is 5.78 Å². The first kappa shape index (κ1) is 9.59. The Labute approximate surface area is 79.0 Å². The van der Waals surface area contributed by atoms with Gasteiger partial charge in [-0.15, -0.1) is 12.6 Å². The number of ketones is 1. The van der Waals surface area contributed by atoms with Gasteiger partial charge in [-0.1, -0.05) is 19.9 Å². The van der Waals surface area contributed by atoms with Crippen LogP contribution in [0.15, 0.2) is 22.6 Å². The van der Waals surface area contributed by atoms with Crippen LogP contribution in [0.3, 0.4) is 0 Å². The molecule has 1 nitrogen and oxygen atoms in total. The summed E-state index contributed by atoms with van der Waals surface area (Å²) >= 11 is 4.15. The van der Waals surface area contributed by atoms with E-state index in [-0.39, 0.29) is 5.78 Å². The normalized spacial score (nSPS) is 18.8. The van der Waals surface area contributed by atoms with E-state index in [0.29, 0.717) is 17.2 Å². The van der Waals surface area contributed by atoms with Gasteiger partial charge >= 0.3 is 0 Å². The number of Topliss-reactive ketones (excluding diaryl/α,β-unsaturated/α-hetero) is 1. The van der Waals surface area contributed by atoms with Gasteiger partial charge in [0.05, 0.1) is 0 Å². The van der Waals surface area contributed by atoms with Crippen molar-refractivity contribution in [1.29, 1.82) is 0 Å². The molecule has 0 aromatic rings. The van der Waals surface area contributed by atoms with Gasteiger partial charge in [-0.25, -0.2) is 0 Å². The summed E-state index contributed by atoms with van der Waals surface area (Å²) in [4.78, 5) is 11.8. The molecule has 0 saturated heterocycles. The highest BCUT2D eigenvalue weighted by atomic mass is 32.1. The van der Waals surface area contributed by atoms with Gasteiger partial charge in [-0.3, -0.25) is 4.79 Å². The summed E-state index contributed by atoms with van der Waals surface area (Å²) in [5, 5.41) is 0. The first-order valence-electron chi connectivity index (χ1n) is 4.25. The highest BCUT2D eigenvalue weighted by Gasteiger charge is 2.10. The molecule has 0 fully saturated rings. The zero-order valence-corrected chi connectivity index (χ0v) is 8.40. The minimum absolute atomic E-state index is 0.158. The van der Waals surface area contributed by atoms with Gasteiger partial charge < -0.3 is 0 Å². The Morgan fingerprint density at radius 1 is 1.50 bits per heavy atom. The molecule has 0 spiro atoms. The monoisotopic (exact) mass is 182 g/mol. The molecule has 0 atom stereocenters. The molecule has 0 unspecified atom stereocenters. The van der Waals surface area contributed by atoms with Gasteiger partial charge in [0, 0.05) is 11.3 Å². The SMILES string of the molecule is CC(C)C1=CCCC(=O)C(S)=C1. The number of rotatable bonds is 1. The molecule has 1 aliphatic carbocycles. The molecule has 0 aliphatic heterocycles. The number of carbonyl (C=O) groups excluding carboxylic acids is 1. The quantitative estimate of drug-likeness (QED) is 0.617. The highest BCUT2D eigenvalue weighted by Crippen LogP contribution is 2.21. The van der Waals surface area contributed by atoms with Crippen LogP contribution in [-0.2, 0) is 4.79 Å². The van der Waals surface area contributed by atoms with Gasteiger partial charge in [-0.2, -0.15) is 0 Å². The molecule has 1 aliphatic rings. The lowest BCUT2D eigenvalue weighted by atomic mass is 10.0. The minimum atomic E-state index is 0.158. The van der Waals surface area contributed by atoms with Crippen LogP contribution >= 0.6 is 12.6 Å². The fraction of sp³-hybridized carbons (Fsp3) is 0.500. The van der Waals surface area contributed by atoms with Crippen molar-refractivity contribution < 1.29 is 4.79 Å². The standard InChI is InChI=1S/C10H14OS/c1-7(2)8-4-3-5-9(11)10(12)6-8/h4,6-7,12H,3,5H2,1-2H3. The van der Waals surface area contributed by atoms with Gasteiger partial charge in [-0.05, 0) is 24.0 Å². The average molecular weight is 182 g/mol. The summed E-state index contributed by atoms with van der Waals surface area (Å²) in [5.41, 5.74) is 1.23. The Morgan fingerprint density at radius 2 is 2.17 bits per heavy atom. The van der Waals surface area contributed by atoms with Crippen molar-refractivity contribution in [1.82, 2.24) is 0 Å². The molecular weight excluding hydrogens is 168 g/mol. The molecule has 66 valence electrons. The van der Waals surface area contributed by atoms with Crippen LogP contribution in [0, 0.1) is 5.92 Å². The maximum atomic E-state index is 11.2. The van der Waals surface area contributed by atoms with Crippen molar-refractivity contribution in [3.8, 4) is 0 Å². The van der Waals surface area contributed by atoms with Crippen LogP contribution in [-0.4, -0.2) is 5.78 Å². The molecule has 0 N–H and O–H groups in total. The lowest BCUT2D eigenvalue weighted by Gasteiger charge is -2.04. The molecular formula is C10H14OS. The molecule has 12 heavy (non-hydrogen) atoms. The highest BCUT2D eigenvalue weighted by molar-refractivity contribution is 7.85. The van der Waals surface area contributed by atoms with E-state index in [1.54, 1.807) is 0 Å². The third-order valence-corrected chi connectivity index (χ3v) is 2.39. The molecule has 0 aromatic heterocycles. The number of hydrogen-bond acceptors (Lipinski definition) is 2. The zero-order chi connectivity index (χ0) is 9.14. The van der Waals surface area contributed by atoms with E-state index in [2.05, 4.69) is 32.6 Å². The second-order valence-corrected chi connectivity index (χ2v) is 3.83. The van der Waals surface area contributed by atoms with E-state index < -0.39 is 0 Å². The maximum absolute atomic E-state index is 11.2. The second kappa shape index (κ2) is 3.94. The summed E-state index contributed by atoms with van der Waals surface area (Å²) in [5.74, 6) is 0.642. The molecule has 0 radical (unpaired) electrons. The molecule has 0 aromatic carbocycles. The maximum Gasteiger partial charge on any atom is 0.169 e. The number of carbonyl (C=O) groups is 1. The third-order valence-electron chi connectivity index (χ3n) is 2.01. The van der Waals surface area contributed by atoms with Crippen molar-refractivity contribution in [2.45, 2.75) is 26.7 Å². The molecule has 0 bridgehead atoms. The van der Waals surface area contributed by atoms with E-state index >= 15 is 0 Å². The Morgan fingerprint density at radius 3 is 2.75 bits per heavy atom. The summed E-state index contributed by atoms with van der Waals surface area (Å²) in [6.45, 7) is 4.25. The number of hydrogen-bond donors (Lipinski definition) is 1. The van der Waals surface area contributed by atoms with Gasteiger partial charge in [0.2, 0.25) is 0 Å². The summed E-state index contributed by atoms with van der Waals surface area (Å²) in [7, 11) is 0. The van der Waals surface area contributed by atoms with Crippen LogP contribution < -0.4 is 0 Å². The Hall–Kier alpha value is -0.500. The van der Waals surface area contributed by atoms with Crippen LogP contribution in [0.1, 0.15) is 26.7 Å². The Balaban J connectivity index is 2.88. The molecule has 2 heteroatoms. The van der Waals surface area contributed by atoms with Crippen molar-refractivity contribution in [3.05, 3.63) is 22.6 Å². The van der Waals surface area contributed by atoms with E-state index in [4.69, 9.17) is 0 Å². The molecule has 0 saturated carbocycles. The third kappa shape index (κ3) is 2.24. The van der Waals surface area contributed by atoms with Crippen molar-refractivity contribution in [2.75, 3.05) is 0 Å². The molecule has 0 amide bonds. The van der Waals surface area contributed by atoms with Crippen molar-refractivity contribution >= 4 is 18.4 Å². The summed E-state index contributed by atoms with van der Waals surface area (Å²) in [6, 6.07) is 0. The van der Waals surface area contributed by atoms with Gasteiger partial charge in [0.1, 0.15) is 0 Å². The second-order valence-electron chi connectivity index (χ2n) is 3.35. The topological polar surface area (TPSA) is 17.1 Å². The smallest absolute Gasteiger partial charge is 0.169 e. The van der Waals surface area contributed by atoms with Crippen LogP contribution in [0.4, 0.5) is 0 Å². The Kier molecular flexibility index (Phi) is 3.15. The Bertz CT molecular complexity index is 249. The fourth-order valence-corrected chi connectivity index (χ4v) is 1.46. The van der Waals surface area contributed by atoms with Crippen LogP contribution in [0.25, 0.3) is 0 Å².